The average Bonchev–Trinajstić information content (AvgIpc) is 3.05. The molecule has 0 bridgehead atoms. The standard InChI is InChI=1S/C17H13Cl2N3O/c1-12(23)17(22-11-20-10-21-22,13-5-3-2-4-6-13)15-8-7-14(18)9-16(15)19/h2-11H,1H3. The first-order chi connectivity index (χ1) is 11.1. The van der Waals surface area contributed by atoms with Crippen molar-refractivity contribution < 1.29 is 4.79 Å². The Kier molecular flexibility index (Phi) is 4.20. The summed E-state index contributed by atoms with van der Waals surface area (Å²) in [5, 5.41) is 5.12. The fourth-order valence-electron chi connectivity index (χ4n) is 2.81. The summed E-state index contributed by atoms with van der Waals surface area (Å²) < 4.78 is 1.53. The van der Waals surface area contributed by atoms with Gasteiger partial charge < -0.3 is 0 Å². The minimum atomic E-state index is -1.20. The molecule has 23 heavy (non-hydrogen) atoms. The molecular formula is C17H13Cl2N3O. The molecule has 0 aliphatic heterocycles. The Balaban J connectivity index is 2.40. The normalized spacial score (nSPS) is 13.5. The van der Waals surface area contributed by atoms with E-state index in [4.69, 9.17) is 23.2 Å². The quantitative estimate of drug-likeness (QED) is 0.718. The van der Waals surface area contributed by atoms with Gasteiger partial charge in [-0.1, -0.05) is 59.6 Å². The van der Waals surface area contributed by atoms with Gasteiger partial charge in [0.15, 0.2) is 11.3 Å². The molecule has 0 saturated heterocycles. The van der Waals surface area contributed by atoms with Crippen molar-refractivity contribution in [3.05, 3.63) is 82.4 Å². The van der Waals surface area contributed by atoms with E-state index in [9.17, 15) is 4.79 Å². The molecule has 0 aliphatic carbocycles. The van der Waals surface area contributed by atoms with Crippen LogP contribution in [0.2, 0.25) is 10.0 Å². The van der Waals surface area contributed by atoms with Crippen molar-refractivity contribution in [2.24, 2.45) is 0 Å². The van der Waals surface area contributed by atoms with Crippen LogP contribution < -0.4 is 0 Å². The van der Waals surface area contributed by atoms with Crippen molar-refractivity contribution in [1.82, 2.24) is 14.8 Å². The zero-order valence-corrected chi connectivity index (χ0v) is 13.8. The highest BCUT2D eigenvalue weighted by Crippen LogP contribution is 2.39. The van der Waals surface area contributed by atoms with Crippen LogP contribution in [-0.4, -0.2) is 20.5 Å². The number of Topliss-reactive ketones (excluding diaryl/α,β-unsaturated/α-hetero) is 1. The van der Waals surface area contributed by atoms with E-state index in [1.165, 1.54) is 24.3 Å². The largest absolute Gasteiger partial charge is 0.296 e. The Bertz CT molecular complexity index is 834. The predicted octanol–water partition coefficient (Wildman–Crippen LogP) is 3.97. The van der Waals surface area contributed by atoms with Crippen LogP contribution in [0, 0.1) is 0 Å². The van der Waals surface area contributed by atoms with Gasteiger partial charge in [-0.25, -0.2) is 9.67 Å². The molecule has 0 amide bonds. The highest BCUT2D eigenvalue weighted by Gasteiger charge is 2.43. The Morgan fingerprint density at radius 1 is 1.13 bits per heavy atom. The van der Waals surface area contributed by atoms with Gasteiger partial charge in [0, 0.05) is 15.6 Å². The van der Waals surface area contributed by atoms with Gasteiger partial charge in [-0.05, 0) is 24.6 Å². The Morgan fingerprint density at radius 2 is 1.87 bits per heavy atom. The average molecular weight is 346 g/mol. The fraction of sp³-hybridized carbons (Fsp3) is 0.118. The summed E-state index contributed by atoms with van der Waals surface area (Å²) in [5.74, 6) is -0.126. The first-order valence-electron chi connectivity index (χ1n) is 6.94. The molecule has 0 aliphatic rings. The number of halogens is 2. The van der Waals surface area contributed by atoms with Crippen LogP contribution in [-0.2, 0) is 10.3 Å². The van der Waals surface area contributed by atoms with Crippen molar-refractivity contribution in [2.75, 3.05) is 0 Å². The van der Waals surface area contributed by atoms with Gasteiger partial charge in [-0.2, -0.15) is 5.10 Å². The van der Waals surface area contributed by atoms with Crippen LogP contribution >= 0.6 is 23.2 Å². The van der Waals surface area contributed by atoms with E-state index in [1.54, 1.807) is 18.2 Å². The first kappa shape index (κ1) is 15.7. The van der Waals surface area contributed by atoms with Crippen LogP contribution in [0.25, 0.3) is 0 Å². The maximum absolute atomic E-state index is 12.8. The minimum absolute atomic E-state index is 0.126. The summed E-state index contributed by atoms with van der Waals surface area (Å²) in [6.07, 6.45) is 2.91. The lowest BCUT2D eigenvalue weighted by Crippen LogP contribution is -2.43. The van der Waals surface area contributed by atoms with E-state index in [1.807, 2.05) is 30.3 Å². The molecule has 4 nitrogen and oxygen atoms in total. The van der Waals surface area contributed by atoms with E-state index in [2.05, 4.69) is 10.1 Å². The Morgan fingerprint density at radius 3 is 2.43 bits per heavy atom. The van der Waals surface area contributed by atoms with Gasteiger partial charge >= 0.3 is 0 Å². The maximum atomic E-state index is 12.8. The number of hydrogen-bond donors (Lipinski definition) is 0. The van der Waals surface area contributed by atoms with E-state index in [-0.39, 0.29) is 5.78 Å². The van der Waals surface area contributed by atoms with Gasteiger partial charge in [0.2, 0.25) is 0 Å². The lowest BCUT2D eigenvalue weighted by Gasteiger charge is -2.33. The molecule has 1 unspecified atom stereocenters. The third kappa shape index (κ3) is 2.54. The second kappa shape index (κ2) is 6.14. The molecule has 3 aromatic rings. The van der Waals surface area contributed by atoms with Crippen molar-refractivity contribution in [1.29, 1.82) is 0 Å². The molecule has 0 fully saturated rings. The van der Waals surface area contributed by atoms with E-state index < -0.39 is 5.54 Å². The van der Waals surface area contributed by atoms with Crippen molar-refractivity contribution in [2.45, 2.75) is 12.5 Å². The molecule has 1 atom stereocenters. The van der Waals surface area contributed by atoms with E-state index in [0.717, 1.165) is 5.56 Å². The maximum Gasteiger partial charge on any atom is 0.173 e. The zero-order chi connectivity index (χ0) is 16.4. The fourth-order valence-corrected chi connectivity index (χ4v) is 3.35. The number of aromatic nitrogens is 3. The third-order valence-electron chi connectivity index (χ3n) is 3.78. The SMILES string of the molecule is CC(=O)C(c1ccccc1)(c1ccc(Cl)cc1Cl)n1cncn1. The second-order valence-electron chi connectivity index (χ2n) is 5.10. The monoisotopic (exact) mass is 345 g/mol. The second-order valence-corrected chi connectivity index (χ2v) is 5.94. The van der Waals surface area contributed by atoms with Crippen molar-refractivity contribution in [3.8, 4) is 0 Å². The molecule has 0 spiro atoms. The Labute approximate surface area is 143 Å². The molecule has 3 rings (SSSR count). The number of carbonyl (C=O) groups is 1. The highest BCUT2D eigenvalue weighted by molar-refractivity contribution is 6.35. The van der Waals surface area contributed by atoms with Gasteiger partial charge in [0.1, 0.15) is 12.7 Å². The summed E-state index contributed by atoms with van der Waals surface area (Å²) in [7, 11) is 0. The number of carbonyl (C=O) groups excluding carboxylic acids is 1. The summed E-state index contributed by atoms with van der Waals surface area (Å²) >= 11 is 12.4. The van der Waals surface area contributed by atoms with E-state index >= 15 is 0 Å². The molecular weight excluding hydrogens is 333 g/mol. The van der Waals surface area contributed by atoms with Crippen molar-refractivity contribution >= 4 is 29.0 Å². The number of benzene rings is 2. The number of nitrogens with zero attached hydrogens (tertiary/aromatic N) is 3. The number of ketones is 1. The van der Waals surface area contributed by atoms with Crippen LogP contribution in [0.3, 0.4) is 0 Å². The number of rotatable bonds is 4. The number of hydrogen-bond acceptors (Lipinski definition) is 3. The molecule has 0 radical (unpaired) electrons. The summed E-state index contributed by atoms with van der Waals surface area (Å²) in [6, 6.07) is 14.4. The molecule has 116 valence electrons. The molecule has 6 heteroatoms. The first-order valence-corrected chi connectivity index (χ1v) is 7.69. The van der Waals surface area contributed by atoms with Crippen LogP contribution in [0.4, 0.5) is 0 Å². The molecule has 1 aromatic heterocycles. The van der Waals surface area contributed by atoms with Crippen LogP contribution in [0.1, 0.15) is 18.1 Å². The lowest BCUT2D eigenvalue weighted by molar-refractivity contribution is -0.122. The highest BCUT2D eigenvalue weighted by atomic mass is 35.5. The van der Waals surface area contributed by atoms with Gasteiger partial charge in [0.05, 0.1) is 0 Å². The van der Waals surface area contributed by atoms with Crippen LogP contribution in [0.5, 0.6) is 0 Å². The van der Waals surface area contributed by atoms with Gasteiger partial charge in [0.25, 0.3) is 0 Å². The smallest absolute Gasteiger partial charge is 0.173 e. The summed E-state index contributed by atoms with van der Waals surface area (Å²) in [4.78, 5) is 16.8. The summed E-state index contributed by atoms with van der Waals surface area (Å²) in [5.41, 5.74) is 0.161. The van der Waals surface area contributed by atoms with Crippen LogP contribution in [0.15, 0.2) is 61.2 Å². The van der Waals surface area contributed by atoms with E-state index in [0.29, 0.717) is 15.6 Å². The van der Waals surface area contributed by atoms with Crippen molar-refractivity contribution in [3.63, 3.8) is 0 Å². The van der Waals surface area contributed by atoms with Gasteiger partial charge in [-0.15, -0.1) is 0 Å². The van der Waals surface area contributed by atoms with Gasteiger partial charge in [-0.3, -0.25) is 4.79 Å². The minimum Gasteiger partial charge on any atom is -0.296 e. The zero-order valence-electron chi connectivity index (χ0n) is 12.3. The molecule has 0 saturated carbocycles. The summed E-state index contributed by atoms with van der Waals surface area (Å²) in [6.45, 7) is 1.51. The predicted molar refractivity (Wildman–Crippen MR) is 89.8 cm³/mol. The Hall–Kier alpha value is -2.17. The molecule has 1 heterocycles. The molecule has 2 aromatic carbocycles. The molecule has 0 N–H and O–H groups in total. The topological polar surface area (TPSA) is 47.8 Å². The third-order valence-corrected chi connectivity index (χ3v) is 4.33. The lowest BCUT2D eigenvalue weighted by atomic mass is 9.79.